The maximum atomic E-state index is 13.2. The summed E-state index contributed by atoms with van der Waals surface area (Å²) in [5.74, 6) is -0.745. The number of alkyl halides is 6. The molecule has 0 saturated heterocycles. The standard InChI is InChI=1S/C20H16F6N2O2/c21-19(22,23)15-9-11(27)1-7-17(15)29-13-3-5-14(6-4-13)30-18-8-2-12(28)10-16(18)20(24,25)26/h1-5,7-10,14H,6,27-28H2. The Morgan fingerprint density at radius 1 is 0.800 bits per heavy atom. The van der Waals surface area contributed by atoms with Crippen molar-refractivity contribution in [1.29, 1.82) is 0 Å². The molecule has 0 aromatic heterocycles. The highest BCUT2D eigenvalue weighted by Crippen LogP contribution is 2.40. The second-order valence-corrected chi connectivity index (χ2v) is 6.47. The number of nitrogen functional groups attached to an aromatic ring is 2. The normalized spacial score (nSPS) is 16.9. The van der Waals surface area contributed by atoms with Crippen molar-refractivity contribution in [1.82, 2.24) is 0 Å². The molecular weight excluding hydrogens is 414 g/mol. The van der Waals surface area contributed by atoms with Crippen molar-refractivity contribution in [2.75, 3.05) is 11.5 Å². The Morgan fingerprint density at radius 2 is 1.33 bits per heavy atom. The van der Waals surface area contributed by atoms with E-state index >= 15 is 0 Å². The van der Waals surface area contributed by atoms with Crippen LogP contribution in [0.15, 0.2) is 60.4 Å². The number of ether oxygens (including phenoxy) is 2. The van der Waals surface area contributed by atoms with Gasteiger partial charge >= 0.3 is 12.4 Å². The Morgan fingerprint density at radius 3 is 1.83 bits per heavy atom. The van der Waals surface area contributed by atoms with E-state index in [2.05, 4.69) is 0 Å². The molecule has 0 radical (unpaired) electrons. The zero-order valence-electron chi connectivity index (χ0n) is 15.2. The quantitative estimate of drug-likeness (QED) is 0.492. The van der Waals surface area contributed by atoms with E-state index in [9.17, 15) is 26.3 Å². The van der Waals surface area contributed by atoms with Crippen LogP contribution < -0.4 is 20.9 Å². The second kappa shape index (κ2) is 7.85. The van der Waals surface area contributed by atoms with Crippen molar-refractivity contribution < 1.29 is 35.8 Å². The smallest absolute Gasteiger partial charge is 0.420 e. The minimum atomic E-state index is -4.67. The van der Waals surface area contributed by atoms with Gasteiger partial charge in [-0.1, -0.05) is 0 Å². The molecule has 0 saturated carbocycles. The van der Waals surface area contributed by atoms with Crippen LogP contribution in [-0.2, 0) is 12.4 Å². The van der Waals surface area contributed by atoms with Crippen molar-refractivity contribution in [3.05, 3.63) is 71.5 Å². The van der Waals surface area contributed by atoms with Crippen LogP contribution in [0.1, 0.15) is 17.5 Å². The highest BCUT2D eigenvalue weighted by molar-refractivity contribution is 5.51. The Hall–Kier alpha value is -3.30. The summed E-state index contributed by atoms with van der Waals surface area (Å²) >= 11 is 0. The van der Waals surface area contributed by atoms with E-state index in [1.54, 1.807) is 0 Å². The first-order chi connectivity index (χ1) is 13.9. The van der Waals surface area contributed by atoms with Gasteiger partial charge < -0.3 is 20.9 Å². The van der Waals surface area contributed by atoms with E-state index in [0.717, 1.165) is 24.3 Å². The summed E-state index contributed by atoms with van der Waals surface area (Å²) < 4.78 is 89.7. The summed E-state index contributed by atoms with van der Waals surface area (Å²) in [6, 6.07) is 6.29. The SMILES string of the molecule is Nc1ccc(OC2=CCC(Oc3ccc(N)cc3C(F)(F)F)C=C2)c(C(F)(F)F)c1. The van der Waals surface area contributed by atoms with Gasteiger partial charge in [-0.15, -0.1) is 0 Å². The molecule has 3 rings (SSSR count). The Balaban J connectivity index is 1.73. The Labute approximate surface area is 167 Å². The fourth-order valence-electron chi connectivity index (χ4n) is 2.76. The molecule has 1 atom stereocenters. The lowest BCUT2D eigenvalue weighted by molar-refractivity contribution is -0.139. The highest BCUT2D eigenvalue weighted by Gasteiger charge is 2.36. The van der Waals surface area contributed by atoms with Crippen LogP contribution in [-0.4, -0.2) is 6.10 Å². The van der Waals surface area contributed by atoms with Crippen molar-refractivity contribution in [2.45, 2.75) is 24.9 Å². The number of hydrogen-bond donors (Lipinski definition) is 2. The molecule has 0 bridgehead atoms. The van der Waals surface area contributed by atoms with Gasteiger partial charge in [0.25, 0.3) is 0 Å². The highest BCUT2D eigenvalue weighted by atomic mass is 19.4. The first-order valence-electron chi connectivity index (χ1n) is 8.60. The molecule has 160 valence electrons. The van der Waals surface area contributed by atoms with E-state index in [0.29, 0.717) is 0 Å². The number of hydrogen-bond acceptors (Lipinski definition) is 4. The molecule has 0 spiro atoms. The summed E-state index contributed by atoms with van der Waals surface area (Å²) in [5, 5.41) is 0. The third-order valence-electron chi connectivity index (χ3n) is 4.15. The van der Waals surface area contributed by atoms with Gasteiger partial charge in [-0.3, -0.25) is 0 Å². The molecule has 4 N–H and O–H groups in total. The first kappa shape index (κ1) is 21.4. The zero-order chi connectivity index (χ0) is 22.1. The average Bonchev–Trinajstić information content (AvgIpc) is 2.64. The molecule has 10 heteroatoms. The summed E-state index contributed by atoms with van der Waals surface area (Å²) in [6.07, 6.45) is -5.86. The van der Waals surface area contributed by atoms with E-state index in [1.807, 2.05) is 0 Å². The molecule has 0 heterocycles. The van der Waals surface area contributed by atoms with Crippen molar-refractivity contribution in [3.8, 4) is 11.5 Å². The van der Waals surface area contributed by atoms with Gasteiger partial charge in [-0.05, 0) is 54.6 Å². The van der Waals surface area contributed by atoms with Gasteiger partial charge in [0.2, 0.25) is 0 Å². The van der Waals surface area contributed by atoms with E-state index in [-0.39, 0.29) is 23.6 Å². The predicted octanol–water partition coefficient (Wildman–Crippen LogP) is 5.56. The fraction of sp³-hybridized carbons (Fsp3) is 0.200. The van der Waals surface area contributed by atoms with Gasteiger partial charge in [0.05, 0.1) is 5.56 Å². The van der Waals surface area contributed by atoms with E-state index < -0.39 is 41.1 Å². The van der Waals surface area contributed by atoms with Crippen LogP contribution in [0.2, 0.25) is 0 Å². The second-order valence-electron chi connectivity index (χ2n) is 6.47. The fourth-order valence-corrected chi connectivity index (χ4v) is 2.76. The van der Waals surface area contributed by atoms with Gasteiger partial charge in [-0.25, -0.2) is 0 Å². The molecule has 0 aliphatic heterocycles. The number of anilines is 2. The van der Waals surface area contributed by atoms with Crippen molar-refractivity contribution >= 4 is 11.4 Å². The van der Waals surface area contributed by atoms with Crippen molar-refractivity contribution in [2.24, 2.45) is 0 Å². The predicted molar refractivity (Wildman–Crippen MR) is 98.6 cm³/mol. The molecule has 2 aromatic carbocycles. The molecular formula is C20H16F6N2O2. The largest absolute Gasteiger partial charge is 0.485 e. The van der Waals surface area contributed by atoms with Crippen LogP contribution in [0, 0.1) is 0 Å². The van der Waals surface area contributed by atoms with E-state index in [1.165, 1.54) is 30.4 Å². The van der Waals surface area contributed by atoms with Gasteiger partial charge in [0, 0.05) is 17.8 Å². The number of rotatable bonds is 4. The van der Waals surface area contributed by atoms with Crippen molar-refractivity contribution in [3.63, 3.8) is 0 Å². The van der Waals surface area contributed by atoms with E-state index in [4.69, 9.17) is 20.9 Å². The summed E-state index contributed by atoms with van der Waals surface area (Å²) in [4.78, 5) is 0. The topological polar surface area (TPSA) is 70.5 Å². The Bertz CT molecular complexity index is 996. The third-order valence-corrected chi connectivity index (χ3v) is 4.15. The molecule has 4 nitrogen and oxygen atoms in total. The lowest BCUT2D eigenvalue weighted by atomic mass is 10.1. The van der Waals surface area contributed by atoms with Gasteiger partial charge in [0.15, 0.2) is 0 Å². The van der Waals surface area contributed by atoms with Gasteiger partial charge in [-0.2, -0.15) is 26.3 Å². The maximum Gasteiger partial charge on any atom is 0.420 e. The van der Waals surface area contributed by atoms with Crippen LogP contribution >= 0.6 is 0 Å². The molecule has 0 amide bonds. The molecule has 2 aromatic rings. The molecule has 1 unspecified atom stereocenters. The lowest BCUT2D eigenvalue weighted by Gasteiger charge is -2.22. The minimum Gasteiger partial charge on any atom is -0.485 e. The van der Waals surface area contributed by atoms with Crippen LogP contribution in [0.25, 0.3) is 0 Å². The summed E-state index contributed by atoms with van der Waals surface area (Å²) in [7, 11) is 0. The number of benzene rings is 2. The molecule has 1 aliphatic carbocycles. The Kier molecular flexibility index (Phi) is 5.60. The molecule has 1 aliphatic rings. The molecule has 0 fully saturated rings. The summed E-state index contributed by atoms with van der Waals surface area (Å²) in [5.41, 5.74) is 8.65. The van der Waals surface area contributed by atoms with Crippen LogP contribution in [0.5, 0.6) is 11.5 Å². The average molecular weight is 430 g/mol. The maximum absolute atomic E-state index is 13.2. The van der Waals surface area contributed by atoms with Crippen LogP contribution in [0.3, 0.4) is 0 Å². The number of halogens is 6. The van der Waals surface area contributed by atoms with Crippen LogP contribution in [0.4, 0.5) is 37.7 Å². The lowest BCUT2D eigenvalue weighted by Crippen LogP contribution is -2.19. The molecule has 30 heavy (non-hydrogen) atoms. The number of nitrogens with two attached hydrogens (primary N) is 2. The number of allylic oxidation sites excluding steroid dienone is 1. The minimum absolute atomic E-state index is 0.0617. The zero-order valence-corrected chi connectivity index (χ0v) is 15.2. The monoisotopic (exact) mass is 430 g/mol. The third kappa shape index (κ3) is 5.00. The first-order valence-corrected chi connectivity index (χ1v) is 8.60. The van der Waals surface area contributed by atoms with Gasteiger partial charge in [0.1, 0.15) is 28.9 Å². The summed E-state index contributed by atoms with van der Waals surface area (Å²) in [6.45, 7) is 0.